The molecule has 28 heavy (non-hydrogen) atoms. The zero-order chi connectivity index (χ0) is 20.6. The van der Waals surface area contributed by atoms with Crippen LogP contribution in [0.15, 0.2) is 48.5 Å². The second kappa shape index (κ2) is 9.63. The largest absolute Gasteiger partial charge is 0.484 e. The molecule has 0 aliphatic heterocycles. The quantitative estimate of drug-likeness (QED) is 0.680. The molecule has 0 saturated heterocycles. The summed E-state index contributed by atoms with van der Waals surface area (Å²) in [6, 6.07) is 11.0. The van der Waals surface area contributed by atoms with Crippen molar-refractivity contribution in [2.75, 3.05) is 19.8 Å². The molecule has 0 bridgehead atoms. The first-order valence-electron chi connectivity index (χ1n) is 8.24. The molecule has 0 atom stereocenters. The van der Waals surface area contributed by atoms with E-state index in [4.69, 9.17) is 14.6 Å². The fraction of sp³-hybridized carbons (Fsp3) is 0.263. The molecule has 2 aromatic carbocycles. The van der Waals surface area contributed by atoms with Crippen molar-refractivity contribution in [2.45, 2.75) is 12.6 Å². The van der Waals surface area contributed by atoms with Crippen LogP contribution in [-0.2, 0) is 22.2 Å². The first-order chi connectivity index (χ1) is 13.2. The number of alkyl halides is 3. The number of hydrogen-bond donors (Lipinski definition) is 2. The Kier molecular flexibility index (Phi) is 7.25. The van der Waals surface area contributed by atoms with Gasteiger partial charge >= 0.3 is 12.1 Å². The molecule has 0 saturated carbocycles. The van der Waals surface area contributed by atoms with Gasteiger partial charge in [-0.2, -0.15) is 13.2 Å². The van der Waals surface area contributed by atoms with E-state index in [-0.39, 0.29) is 5.75 Å². The molecule has 0 radical (unpaired) electrons. The van der Waals surface area contributed by atoms with Gasteiger partial charge in [0.25, 0.3) is 5.91 Å². The van der Waals surface area contributed by atoms with Crippen LogP contribution in [0.4, 0.5) is 13.2 Å². The summed E-state index contributed by atoms with van der Waals surface area (Å²) >= 11 is 0. The van der Waals surface area contributed by atoms with Crippen molar-refractivity contribution in [3.63, 3.8) is 0 Å². The summed E-state index contributed by atoms with van der Waals surface area (Å²) in [6.45, 7) is -0.523. The van der Waals surface area contributed by atoms with Gasteiger partial charge in [-0.3, -0.25) is 4.79 Å². The molecule has 150 valence electrons. The van der Waals surface area contributed by atoms with Crippen LogP contribution in [0.5, 0.6) is 11.5 Å². The van der Waals surface area contributed by atoms with E-state index in [1.807, 2.05) is 0 Å². The summed E-state index contributed by atoms with van der Waals surface area (Å²) < 4.78 is 48.0. The van der Waals surface area contributed by atoms with Crippen LogP contribution in [0.25, 0.3) is 0 Å². The van der Waals surface area contributed by atoms with Crippen molar-refractivity contribution in [1.29, 1.82) is 0 Å². The number of nitrogens with one attached hydrogen (secondary N) is 1. The minimum atomic E-state index is -4.48. The van der Waals surface area contributed by atoms with Gasteiger partial charge in [0.1, 0.15) is 11.5 Å². The Morgan fingerprint density at radius 1 is 0.964 bits per heavy atom. The van der Waals surface area contributed by atoms with Gasteiger partial charge < -0.3 is 19.9 Å². The van der Waals surface area contributed by atoms with E-state index in [0.717, 1.165) is 17.7 Å². The molecule has 2 aromatic rings. The maximum atomic E-state index is 12.6. The first-order valence-corrected chi connectivity index (χ1v) is 8.24. The Morgan fingerprint density at radius 3 is 2.29 bits per heavy atom. The summed E-state index contributed by atoms with van der Waals surface area (Å²) in [5.74, 6) is -1.15. The molecule has 0 heterocycles. The van der Waals surface area contributed by atoms with E-state index in [1.165, 1.54) is 12.1 Å². The van der Waals surface area contributed by atoms with Crippen molar-refractivity contribution in [2.24, 2.45) is 0 Å². The fourth-order valence-corrected chi connectivity index (χ4v) is 2.21. The van der Waals surface area contributed by atoms with Crippen LogP contribution in [0.2, 0.25) is 0 Å². The van der Waals surface area contributed by atoms with Gasteiger partial charge in [-0.1, -0.05) is 18.2 Å². The second-order valence-electron chi connectivity index (χ2n) is 5.74. The molecule has 0 spiro atoms. The predicted octanol–water partition coefficient (Wildman–Crippen LogP) is 2.91. The highest BCUT2D eigenvalue weighted by Gasteiger charge is 2.30. The molecule has 0 fully saturated rings. The third-order valence-electron chi connectivity index (χ3n) is 3.55. The van der Waals surface area contributed by atoms with Gasteiger partial charge in [0, 0.05) is 6.54 Å². The van der Waals surface area contributed by atoms with Gasteiger partial charge in [0.2, 0.25) is 0 Å². The van der Waals surface area contributed by atoms with E-state index in [2.05, 4.69) is 5.32 Å². The van der Waals surface area contributed by atoms with Gasteiger partial charge in [-0.25, -0.2) is 4.79 Å². The van der Waals surface area contributed by atoms with Crippen molar-refractivity contribution < 1.29 is 37.3 Å². The maximum absolute atomic E-state index is 12.6. The standard InChI is InChI=1S/C19H18F3NO5/c20-19(21,22)14-2-1-3-16(10-14)27-11-17(24)23-9-8-13-4-6-15(7-5-13)28-12-18(25)26/h1-7,10H,8-9,11-12H2,(H,23,24)(H,25,26). The minimum Gasteiger partial charge on any atom is -0.484 e. The van der Waals surface area contributed by atoms with Crippen molar-refractivity contribution >= 4 is 11.9 Å². The number of rotatable bonds is 9. The lowest BCUT2D eigenvalue weighted by Gasteiger charge is -2.10. The minimum absolute atomic E-state index is 0.0399. The first kappa shape index (κ1) is 21.1. The van der Waals surface area contributed by atoms with Crippen LogP contribution in [0.3, 0.4) is 0 Å². The molecule has 0 aliphatic carbocycles. The van der Waals surface area contributed by atoms with Crippen LogP contribution in [-0.4, -0.2) is 36.7 Å². The Hall–Kier alpha value is -3.23. The lowest BCUT2D eigenvalue weighted by molar-refractivity contribution is -0.139. The summed E-state index contributed by atoms with van der Waals surface area (Å²) in [5.41, 5.74) is 0.0444. The molecule has 2 N–H and O–H groups in total. The Labute approximate surface area is 158 Å². The Balaban J connectivity index is 1.72. The van der Waals surface area contributed by atoms with E-state index in [0.29, 0.717) is 18.7 Å². The molecule has 0 aliphatic rings. The van der Waals surface area contributed by atoms with Crippen molar-refractivity contribution in [3.8, 4) is 11.5 Å². The van der Waals surface area contributed by atoms with Gasteiger partial charge in [0.15, 0.2) is 13.2 Å². The summed E-state index contributed by atoms with van der Waals surface area (Å²) in [7, 11) is 0. The highest BCUT2D eigenvalue weighted by molar-refractivity contribution is 5.77. The van der Waals surface area contributed by atoms with Gasteiger partial charge in [-0.05, 0) is 42.3 Å². The van der Waals surface area contributed by atoms with Crippen LogP contribution in [0, 0.1) is 0 Å². The Bertz CT molecular complexity index is 806. The molecular formula is C19H18F3NO5. The summed E-state index contributed by atoms with van der Waals surface area (Å²) in [6.07, 6.45) is -3.97. The number of aliphatic carboxylic acids is 1. The Morgan fingerprint density at radius 2 is 1.64 bits per heavy atom. The molecule has 0 unspecified atom stereocenters. The molecule has 6 nitrogen and oxygen atoms in total. The number of halogens is 3. The van der Waals surface area contributed by atoms with E-state index >= 15 is 0 Å². The van der Waals surface area contributed by atoms with E-state index in [9.17, 15) is 22.8 Å². The van der Waals surface area contributed by atoms with Crippen molar-refractivity contribution in [3.05, 3.63) is 59.7 Å². The second-order valence-corrected chi connectivity index (χ2v) is 5.74. The SMILES string of the molecule is O=C(O)COc1ccc(CCNC(=O)COc2cccc(C(F)(F)F)c2)cc1. The zero-order valence-electron chi connectivity index (χ0n) is 14.7. The van der Waals surface area contributed by atoms with Crippen LogP contribution >= 0.6 is 0 Å². The van der Waals surface area contributed by atoms with Gasteiger partial charge in [-0.15, -0.1) is 0 Å². The number of ether oxygens (including phenoxy) is 2. The molecule has 0 aromatic heterocycles. The number of amides is 1. The van der Waals surface area contributed by atoms with E-state index < -0.39 is 36.8 Å². The highest BCUT2D eigenvalue weighted by Crippen LogP contribution is 2.31. The predicted molar refractivity (Wildman–Crippen MR) is 93.2 cm³/mol. The number of hydrogen-bond acceptors (Lipinski definition) is 4. The lowest BCUT2D eigenvalue weighted by Crippen LogP contribution is -2.30. The molecule has 9 heteroatoms. The average Bonchev–Trinajstić information content (AvgIpc) is 2.65. The number of carboxylic acids is 1. The third kappa shape index (κ3) is 7.18. The van der Waals surface area contributed by atoms with E-state index in [1.54, 1.807) is 24.3 Å². The summed E-state index contributed by atoms with van der Waals surface area (Å²) in [4.78, 5) is 22.2. The molecule has 1 amide bonds. The van der Waals surface area contributed by atoms with Gasteiger partial charge in [0.05, 0.1) is 5.56 Å². The topological polar surface area (TPSA) is 84.9 Å². The normalized spacial score (nSPS) is 11.0. The number of benzene rings is 2. The van der Waals surface area contributed by atoms with Crippen molar-refractivity contribution in [1.82, 2.24) is 5.32 Å². The number of carboxylic acid groups (broad SMARTS) is 1. The zero-order valence-corrected chi connectivity index (χ0v) is 14.7. The van der Waals surface area contributed by atoms with Crippen LogP contribution < -0.4 is 14.8 Å². The molecule has 2 rings (SSSR count). The lowest BCUT2D eigenvalue weighted by atomic mass is 10.1. The fourth-order valence-electron chi connectivity index (χ4n) is 2.21. The maximum Gasteiger partial charge on any atom is 0.416 e. The number of carbonyl (C=O) groups is 2. The smallest absolute Gasteiger partial charge is 0.416 e. The monoisotopic (exact) mass is 397 g/mol. The number of carbonyl (C=O) groups excluding carboxylic acids is 1. The third-order valence-corrected chi connectivity index (χ3v) is 3.55. The molecular weight excluding hydrogens is 379 g/mol. The highest BCUT2D eigenvalue weighted by atomic mass is 19.4. The summed E-state index contributed by atoms with van der Waals surface area (Å²) in [5, 5.41) is 11.1. The van der Waals surface area contributed by atoms with Crippen LogP contribution in [0.1, 0.15) is 11.1 Å². The average molecular weight is 397 g/mol.